The largest absolute Gasteiger partial charge is 0.340 e. The van der Waals surface area contributed by atoms with Gasteiger partial charge in [0, 0.05) is 22.3 Å². The zero-order valence-corrected chi connectivity index (χ0v) is 15.7. The van der Waals surface area contributed by atoms with Gasteiger partial charge in [0.05, 0.1) is 16.6 Å². The second-order valence-electron chi connectivity index (χ2n) is 6.09. The fourth-order valence-electron chi connectivity index (χ4n) is 2.83. The third-order valence-corrected chi connectivity index (χ3v) is 5.56. The molecule has 0 aliphatic carbocycles. The van der Waals surface area contributed by atoms with Crippen molar-refractivity contribution in [1.29, 1.82) is 0 Å². The number of aryl methyl sites for hydroxylation is 1. The lowest BCUT2D eigenvalue weighted by atomic mass is 10.2. The van der Waals surface area contributed by atoms with Crippen LogP contribution in [0.2, 0.25) is 0 Å². The van der Waals surface area contributed by atoms with E-state index in [1.165, 1.54) is 6.33 Å². The Morgan fingerprint density at radius 2 is 1.93 bits per heavy atom. The van der Waals surface area contributed by atoms with Crippen molar-refractivity contribution in [3.63, 3.8) is 0 Å². The number of nitrogens with zero attached hydrogens (tertiary/aromatic N) is 4. The van der Waals surface area contributed by atoms with Crippen molar-refractivity contribution < 1.29 is 4.21 Å². The fraction of sp³-hybridized carbons (Fsp3) is 0.150. The summed E-state index contributed by atoms with van der Waals surface area (Å²) in [5.74, 6) is 1.84. The van der Waals surface area contributed by atoms with Gasteiger partial charge in [-0.05, 0) is 36.2 Å². The first-order valence-corrected chi connectivity index (χ1v) is 10.0. The van der Waals surface area contributed by atoms with E-state index in [-0.39, 0.29) is 0 Å². The Bertz CT molecular complexity index is 1090. The SMILES string of the molecule is CCc1cc(Nc2cccc(CS(=O)c3ccccc3)c2)n2ncnc2n1. The molecule has 1 N–H and O–H groups in total. The number of benzene rings is 2. The smallest absolute Gasteiger partial charge is 0.254 e. The van der Waals surface area contributed by atoms with Crippen LogP contribution in [0.5, 0.6) is 0 Å². The summed E-state index contributed by atoms with van der Waals surface area (Å²) >= 11 is 0. The molecule has 4 aromatic rings. The minimum absolute atomic E-state index is 0.467. The molecule has 2 heterocycles. The van der Waals surface area contributed by atoms with Crippen LogP contribution >= 0.6 is 0 Å². The standard InChI is InChI=1S/C20H19N5OS/c1-2-16-12-19(25-20(24-16)21-14-22-25)23-17-8-6-7-15(11-17)13-27(26)18-9-4-3-5-10-18/h3-12,14,23H,2,13H2,1H3. The third kappa shape index (κ3) is 3.88. The molecule has 0 fully saturated rings. The first kappa shape index (κ1) is 17.4. The highest BCUT2D eigenvalue weighted by molar-refractivity contribution is 7.84. The number of aromatic nitrogens is 4. The van der Waals surface area contributed by atoms with E-state index in [9.17, 15) is 4.21 Å². The molecule has 0 radical (unpaired) electrons. The Hall–Kier alpha value is -3.06. The molecular weight excluding hydrogens is 358 g/mol. The number of rotatable bonds is 6. The van der Waals surface area contributed by atoms with Gasteiger partial charge in [-0.15, -0.1) is 0 Å². The summed E-state index contributed by atoms with van der Waals surface area (Å²) in [6, 6.07) is 19.4. The summed E-state index contributed by atoms with van der Waals surface area (Å²) in [6.45, 7) is 2.05. The molecule has 7 heteroatoms. The molecule has 1 atom stereocenters. The molecule has 0 aliphatic heterocycles. The van der Waals surface area contributed by atoms with Gasteiger partial charge in [0.15, 0.2) is 0 Å². The van der Waals surface area contributed by atoms with Gasteiger partial charge < -0.3 is 5.32 Å². The van der Waals surface area contributed by atoms with Gasteiger partial charge >= 0.3 is 0 Å². The van der Waals surface area contributed by atoms with Gasteiger partial charge in [0.1, 0.15) is 12.1 Å². The zero-order chi connectivity index (χ0) is 18.6. The number of fused-ring (bicyclic) bond motifs is 1. The van der Waals surface area contributed by atoms with Crippen LogP contribution in [0.3, 0.4) is 0 Å². The molecule has 0 saturated carbocycles. The van der Waals surface area contributed by atoms with E-state index in [1.54, 1.807) is 4.52 Å². The predicted octanol–water partition coefficient (Wildman–Crippen LogP) is 3.74. The topological polar surface area (TPSA) is 72.2 Å². The van der Waals surface area contributed by atoms with E-state index in [0.717, 1.165) is 34.1 Å². The van der Waals surface area contributed by atoms with Crippen LogP contribution in [0.4, 0.5) is 11.5 Å². The number of hydrogen-bond acceptors (Lipinski definition) is 5. The predicted molar refractivity (Wildman–Crippen MR) is 106 cm³/mol. The summed E-state index contributed by atoms with van der Waals surface area (Å²) in [4.78, 5) is 9.47. The molecule has 0 saturated heterocycles. The molecule has 0 bridgehead atoms. The Balaban J connectivity index is 1.58. The molecule has 27 heavy (non-hydrogen) atoms. The van der Waals surface area contributed by atoms with Crippen LogP contribution in [0.1, 0.15) is 18.2 Å². The number of hydrogen-bond donors (Lipinski definition) is 1. The number of nitrogens with one attached hydrogen (secondary N) is 1. The van der Waals surface area contributed by atoms with Crippen molar-refractivity contribution in [3.8, 4) is 0 Å². The average molecular weight is 377 g/mol. The van der Waals surface area contributed by atoms with Crippen molar-refractivity contribution in [2.75, 3.05) is 5.32 Å². The van der Waals surface area contributed by atoms with Crippen molar-refractivity contribution in [2.45, 2.75) is 24.0 Å². The average Bonchev–Trinajstić information content (AvgIpc) is 3.18. The zero-order valence-electron chi connectivity index (χ0n) is 14.9. The van der Waals surface area contributed by atoms with Crippen molar-refractivity contribution >= 4 is 28.1 Å². The van der Waals surface area contributed by atoms with E-state index in [1.807, 2.05) is 60.7 Å². The maximum absolute atomic E-state index is 12.6. The number of anilines is 2. The minimum Gasteiger partial charge on any atom is -0.340 e. The Kier molecular flexibility index (Phi) is 4.93. The Labute approximate surface area is 159 Å². The van der Waals surface area contributed by atoms with Gasteiger partial charge in [-0.25, -0.2) is 4.98 Å². The highest BCUT2D eigenvalue weighted by Crippen LogP contribution is 2.21. The van der Waals surface area contributed by atoms with E-state index < -0.39 is 10.8 Å². The second kappa shape index (κ2) is 7.67. The van der Waals surface area contributed by atoms with Crippen LogP contribution in [0.15, 0.2) is 71.9 Å². The lowest BCUT2D eigenvalue weighted by Crippen LogP contribution is -2.04. The van der Waals surface area contributed by atoms with Gasteiger partial charge in [0.2, 0.25) is 0 Å². The Morgan fingerprint density at radius 1 is 1.07 bits per heavy atom. The van der Waals surface area contributed by atoms with Crippen LogP contribution in [-0.4, -0.2) is 23.8 Å². The summed E-state index contributed by atoms with van der Waals surface area (Å²) in [5.41, 5.74) is 2.85. The highest BCUT2D eigenvalue weighted by atomic mass is 32.2. The molecule has 0 aliphatic rings. The van der Waals surface area contributed by atoms with Crippen LogP contribution in [0, 0.1) is 0 Å². The van der Waals surface area contributed by atoms with Gasteiger partial charge in [-0.3, -0.25) is 4.21 Å². The maximum atomic E-state index is 12.6. The summed E-state index contributed by atoms with van der Waals surface area (Å²) < 4.78 is 14.2. The fourth-order valence-corrected chi connectivity index (χ4v) is 3.93. The van der Waals surface area contributed by atoms with Crippen molar-refractivity contribution in [2.24, 2.45) is 0 Å². The van der Waals surface area contributed by atoms with Crippen LogP contribution in [-0.2, 0) is 23.0 Å². The van der Waals surface area contributed by atoms with E-state index in [2.05, 4.69) is 27.3 Å². The first-order valence-electron chi connectivity index (χ1n) is 8.72. The molecule has 4 rings (SSSR count). The summed E-state index contributed by atoms with van der Waals surface area (Å²) in [6.07, 6.45) is 2.31. The maximum Gasteiger partial charge on any atom is 0.254 e. The first-order chi connectivity index (χ1) is 13.2. The normalized spacial score (nSPS) is 12.2. The molecule has 2 aromatic carbocycles. The van der Waals surface area contributed by atoms with E-state index >= 15 is 0 Å². The van der Waals surface area contributed by atoms with E-state index in [4.69, 9.17) is 0 Å². The van der Waals surface area contributed by atoms with Gasteiger partial charge in [-0.2, -0.15) is 14.6 Å². The Morgan fingerprint density at radius 3 is 2.74 bits per heavy atom. The van der Waals surface area contributed by atoms with Gasteiger partial charge in [0.25, 0.3) is 5.78 Å². The molecule has 6 nitrogen and oxygen atoms in total. The van der Waals surface area contributed by atoms with E-state index in [0.29, 0.717) is 11.5 Å². The molecule has 1 unspecified atom stereocenters. The third-order valence-electron chi connectivity index (χ3n) is 4.17. The highest BCUT2D eigenvalue weighted by Gasteiger charge is 2.09. The van der Waals surface area contributed by atoms with Gasteiger partial charge in [-0.1, -0.05) is 37.3 Å². The molecule has 136 valence electrons. The lowest BCUT2D eigenvalue weighted by Gasteiger charge is -2.11. The lowest BCUT2D eigenvalue weighted by molar-refractivity contribution is 0.682. The summed E-state index contributed by atoms with van der Waals surface area (Å²) in [7, 11) is -1.08. The van der Waals surface area contributed by atoms with Crippen LogP contribution < -0.4 is 5.32 Å². The second-order valence-corrected chi connectivity index (χ2v) is 7.54. The van der Waals surface area contributed by atoms with Crippen molar-refractivity contribution in [1.82, 2.24) is 19.6 Å². The van der Waals surface area contributed by atoms with Crippen LogP contribution in [0.25, 0.3) is 5.78 Å². The molecular formula is C20H19N5OS. The van der Waals surface area contributed by atoms with Crippen molar-refractivity contribution in [3.05, 3.63) is 78.2 Å². The minimum atomic E-state index is -1.08. The molecule has 2 aromatic heterocycles. The molecule has 0 amide bonds. The monoisotopic (exact) mass is 377 g/mol. The quantitative estimate of drug-likeness (QED) is 0.554. The molecule has 0 spiro atoms. The summed E-state index contributed by atoms with van der Waals surface area (Å²) in [5, 5.41) is 7.62.